The van der Waals surface area contributed by atoms with Gasteiger partial charge in [-0.05, 0) is 25.0 Å². The minimum Gasteiger partial charge on any atom is -0.507 e. The Kier molecular flexibility index (Phi) is 5.01. The molecule has 102 valence electrons. The second kappa shape index (κ2) is 6.98. The summed E-state index contributed by atoms with van der Waals surface area (Å²) >= 11 is 0. The molecule has 0 amide bonds. The molecule has 1 N–H and O–H groups in total. The standard InChI is InChI=1S/C16H21NO2/c18-15-9-5-4-8-14(15)16(19)10-13-17-11-6-2-1-3-7-12-17/h4-5,8-10,13,18H,1-3,6-7,11-12H2/b13-10+. The van der Waals surface area contributed by atoms with Crippen molar-refractivity contribution >= 4 is 5.78 Å². The molecule has 0 unspecified atom stereocenters. The van der Waals surface area contributed by atoms with E-state index in [-0.39, 0.29) is 11.5 Å². The van der Waals surface area contributed by atoms with Gasteiger partial charge in [0.25, 0.3) is 0 Å². The summed E-state index contributed by atoms with van der Waals surface area (Å²) in [6.07, 6.45) is 9.70. The number of carbonyl (C=O) groups is 1. The molecule has 0 saturated carbocycles. The number of allylic oxidation sites excluding steroid dienone is 1. The molecule has 0 aromatic heterocycles. The molecule has 1 aromatic rings. The largest absolute Gasteiger partial charge is 0.507 e. The normalized spacial score (nSPS) is 17.2. The van der Waals surface area contributed by atoms with E-state index in [1.165, 1.54) is 38.2 Å². The number of likely N-dealkylation sites (tertiary alicyclic amines) is 1. The maximum absolute atomic E-state index is 12.0. The molecular weight excluding hydrogens is 238 g/mol. The van der Waals surface area contributed by atoms with E-state index < -0.39 is 0 Å². The second-order valence-electron chi connectivity index (χ2n) is 5.00. The third-order valence-corrected chi connectivity index (χ3v) is 3.50. The quantitative estimate of drug-likeness (QED) is 0.668. The molecule has 0 aliphatic carbocycles. The van der Waals surface area contributed by atoms with Crippen molar-refractivity contribution in [3.05, 3.63) is 42.1 Å². The Morgan fingerprint density at radius 1 is 1.05 bits per heavy atom. The van der Waals surface area contributed by atoms with Crippen molar-refractivity contribution in [3.8, 4) is 5.75 Å². The highest BCUT2D eigenvalue weighted by atomic mass is 16.3. The molecule has 0 atom stereocenters. The molecule has 1 aliphatic heterocycles. The monoisotopic (exact) mass is 259 g/mol. The van der Waals surface area contributed by atoms with E-state index >= 15 is 0 Å². The lowest BCUT2D eigenvalue weighted by atomic mass is 10.1. The van der Waals surface area contributed by atoms with Crippen LogP contribution in [0.4, 0.5) is 0 Å². The fraction of sp³-hybridized carbons (Fsp3) is 0.438. The van der Waals surface area contributed by atoms with E-state index in [0.717, 1.165) is 13.1 Å². The van der Waals surface area contributed by atoms with Crippen molar-refractivity contribution in [1.82, 2.24) is 4.90 Å². The summed E-state index contributed by atoms with van der Waals surface area (Å²) in [6, 6.07) is 6.66. The average Bonchev–Trinajstić information content (AvgIpc) is 2.37. The predicted octanol–water partition coefficient (Wildman–Crippen LogP) is 3.35. The molecular formula is C16H21NO2. The SMILES string of the molecule is O=C(/C=C/N1CCCCCCC1)c1ccccc1O. The van der Waals surface area contributed by atoms with Crippen LogP contribution in [0.15, 0.2) is 36.5 Å². The number of ketones is 1. The zero-order chi connectivity index (χ0) is 13.5. The van der Waals surface area contributed by atoms with Gasteiger partial charge in [-0.15, -0.1) is 0 Å². The van der Waals surface area contributed by atoms with Gasteiger partial charge in [0.2, 0.25) is 0 Å². The van der Waals surface area contributed by atoms with Crippen molar-refractivity contribution < 1.29 is 9.90 Å². The molecule has 1 aliphatic rings. The zero-order valence-corrected chi connectivity index (χ0v) is 11.2. The Bertz CT molecular complexity index is 446. The highest BCUT2D eigenvalue weighted by molar-refractivity contribution is 6.06. The number of carbonyl (C=O) groups excluding carboxylic acids is 1. The van der Waals surface area contributed by atoms with Gasteiger partial charge in [0.1, 0.15) is 5.75 Å². The van der Waals surface area contributed by atoms with Crippen LogP contribution in [-0.2, 0) is 0 Å². The molecule has 1 aromatic carbocycles. The Morgan fingerprint density at radius 3 is 2.37 bits per heavy atom. The molecule has 19 heavy (non-hydrogen) atoms. The van der Waals surface area contributed by atoms with E-state index in [0.29, 0.717) is 5.56 Å². The van der Waals surface area contributed by atoms with Gasteiger partial charge < -0.3 is 10.0 Å². The van der Waals surface area contributed by atoms with Crippen molar-refractivity contribution in [3.63, 3.8) is 0 Å². The van der Waals surface area contributed by atoms with Gasteiger partial charge in [0, 0.05) is 25.4 Å². The number of benzene rings is 1. The van der Waals surface area contributed by atoms with Crippen LogP contribution in [0.5, 0.6) is 5.75 Å². The molecule has 2 rings (SSSR count). The summed E-state index contributed by atoms with van der Waals surface area (Å²) in [5.74, 6) is -0.0926. The van der Waals surface area contributed by atoms with Gasteiger partial charge in [0.05, 0.1) is 5.56 Å². The topological polar surface area (TPSA) is 40.5 Å². The first-order valence-electron chi connectivity index (χ1n) is 7.02. The maximum atomic E-state index is 12.0. The number of hydrogen-bond acceptors (Lipinski definition) is 3. The maximum Gasteiger partial charge on any atom is 0.190 e. The number of rotatable bonds is 3. The predicted molar refractivity (Wildman–Crippen MR) is 76.2 cm³/mol. The van der Waals surface area contributed by atoms with Gasteiger partial charge in [-0.1, -0.05) is 31.4 Å². The number of hydrogen-bond donors (Lipinski definition) is 1. The lowest BCUT2D eigenvalue weighted by Crippen LogP contribution is -2.21. The van der Waals surface area contributed by atoms with E-state index in [1.807, 2.05) is 6.20 Å². The fourth-order valence-corrected chi connectivity index (χ4v) is 2.37. The van der Waals surface area contributed by atoms with Crippen LogP contribution >= 0.6 is 0 Å². The zero-order valence-electron chi connectivity index (χ0n) is 11.2. The van der Waals surface area contributed by atoms with Crippen LogP contribution in [0, 0.1) is 0 Å². The summed E-state index contributed by atoms with van der Waals surface area (Å²) in [6.45, 7) is 2.04. The molecule has 1 fully saturated rings. The van der Waals surface area contributed by atoms with Crippen LogP contribution in [-0.4, -0.2) is 28.9 Å². The Labute approximate surface area is 114 Å². The summed E-state index contributed by atoms with van der Waals surface area (Å²) in [4.78, 5) is 14.2. The number of phenolic OH excluding ortho intramolecular Hbond substituents is 1. The van der Waals surface area contributed by atoms with Crippen molar-refractivity contribution in [2.24, 2.45) is 0 Å². The smallest absolute Gasteiger partial charge is 0.190 e. The van der Waals surface area contributed by atoms with Crippen LogP contribution in [0.25, 0.3) is 0 Å². The first-order chi connectivity index (χ1) is 9.27. The lowest BCUT2D eigenvalue weighted by molar-refractivity contribution is 0.104. The summed E-state index contributed by atoms with van der Waals surface area (Å²) in [5, 5.41) is 9.63. The number of para-hydroxylation sites is 1. The van der Waals surface area contributed by atoms with E-state index in [9.17, 15) is 9.90 Å². The van der Waals surface area contributed by atoms with Crippen molar-refractivity contribution in [2.75, 3.05) is 13.1 Å². The lowest BCUT2D eigenvalue weighted by Gasteiger charge is -2.22. The minimum absolute atomic E-state index is 0.0461. The summed E-state index contributed by atoms with van der Waals surface area (Å²) in [5.41, 5.74) is 0.366. The van der Waals surface area contributed by atoms with E-state index in [2.05, 4.69) is 4.90 Å². The molecule has 0 radical (unpaired) electrons. The van der Waals surface area contributed by atoms with Crippen molar-refractivity contribution in [1.29, 1.82) is 0 Å². The van der Waals surface area contributed by atoms with Crippen LogP contribution in [0.1, 0.15) is 42.5 Å². The molecule has 3 nitrogen and oxygen atoms in total. The first-order valence-corrected chi connectivity index (χ1v) is 7.02. The van der Waals surface area contributed by atoms with E-state index in [4.69, 9.17) is 0 Å². The highest BCUT2D eigenvalue weighted by Crippen LogP contribution is 2.17. The van der Waals surface area contributed by atoms with Crippen LogP contribution < -0.4 is 0 Å². The van der Waals surface area contributed by atoms with Crippen LogP contribution in [0.2, 0.25) is 0 Å². The third kappa shape index (κ3) is 4.12. The van der Waals surface area contributed by atoms with Gasteiger partial charge in [0.15, 0.2) is 5.78 Å². The van der Waals surface area contributed by atoms with Gasteiger partial charge in [-0.2, -0.15) is 0 Å². The van der Waals surface area contributed by atoms with Gasteiger partial charge in [-0.3, -0.25) is 4.79 Å². The minimum atomic E-state index is -0.139. The highest BCUT2D eigenvalue weighted by Gasteiger charge is 2.08. The number of phenols is 1. The Morgan fingerprint density at radius 2 is 1.68 bits per heavy atom. The Balaban J connectivity index is 1.97. The summed E-state index contributed by atoms with van der Waals surface area (Å²) < 4.78 is 0. The number of aromatic hydroxyl groups is 1. The molecule has 0 bridgehead atoms. The third-order valence-electron chi connectivity index (χ3n) is 3.50. The van der Waals surface area contributed by atoms with Crippen LogP contribution in [0.3, 0.4) is 0 Å². The van der Waals surface area contributed by atoms with E-state index in [1.54, 1.807) is 24.3 Å². The molecule has 1 saturated heterocycles. The van der Waals surface area contributed by atoms with Crippen molar-refractivity contribution in [2.45, 2.75) is 32.1 Å². The number of nitrogens with zero attached hydrogens (tertiary/aromatic N) is 1. The fourth-order valence-electron chi connectivity index (χ4n) is 2.37. The Hall–Kier alpha value is -1.77. The first kappa shape index (κ1) is 13.7. The molecule has 1 heterocycles. The van der Waals surface area contributed by atoms with Gasteiger partial charge >= 0.3 is 0 Å². The second-order valence-corrected chi connectivity index (χ2v) is 5.00. The molecule has 0 spiro atoms. The molecule has 3 heteroatoms. The average molecular weight is 259 g/mol. The summed E-state index contributed by atoms with van der Waals surface area (Å²) in [7, 11) is 0. The van der Waals surface area contributed by atoms with Gasteiger partial charge in [-0.25, -0.2) is 0 Å².